The Balaban J connectivity index is 1.66. The summed E-state index contributed by atoms with van der Waals surface area (Å²) in [6.45, 7) is 1.89. The second-order valence-electron chi connectivity index (χ2n) is 7.68. The fourth-order valence-corrected chi connectivity index (χ4v) is 3.71. The molecule has 3 aromatic carbocycles. The molecule has 9 heteroatoms. The van der Waals surface area contributed by atoms with Crippen molar-refractivity contribution in [1.29, 1.82) is 0 Å². The van der Waals surface area contributed by atoms with Crippen LogP contribution in [0.15, 0.2) is 84.6 Å². The second-order valence-corrected chi connectivity index (χ2v) is 8.09. The number of amides is 1. The largest absolute Gasteiger partial charge is 0.409 e. The Labute approximate surface area is 198 Å². The lowest BCUT2D eigenvalue weighted by Crippen LogP contribution is -2.45. The fourth-order valence-electron chi connectivity index (χ4n) is 3.49. The number of ketones is 1. The molecule has 0 saturated carbocycles. The predicted molar refractivity (Wildman–Crippen MR) is 125 cm³/mol. The molecule has 174 valence electrons. The summed E-state index contributed by atoms with van der Waals surface area (Å²) in [5.74, 6) is -1.16. The van der Waals surface area contributed by atoms with Gasteiger partial charge in [0.05, 0.1) is 16.4 Å². The molecular formula is C25H19ClF3N3O2. The Morgan fingerprint density at radius 1 is 0.971 bits per heavy atom. The number of carbonyl (C=O) groups is 2. The van der Waals surface area contributed by atoms with Gasteiger partial charge in [-0.05, 0) is 37.3 Å². The summed E-state index contributed by atoms with van der Waals surface area (Å²) in [6, 6.07) is 17.4. The van der Waals surface area contributed by atoms with Gasteiger partial charge < -0.3 is 5.32 Å². The molecule has 1 atom stereocenters. The van der Waals surface area contributed by atoms with Crippen LogP contribution in [0.5, 0.6) is 0 Å². The summed E-state index contributed by atoms with van der Waals surface area (Å²) < 4.78 is 40.4. The lowest BCUT2D eigenvalue weighted by atomic mass is 10.0. The zero-order chi connectivity index (χ0) is 24.5. The molecule has 0 aliphatic carbocycles. The molecule has 1 heterocycles. The van der Waals surface area contributed by atoms with Gasteiger partial charge in [-0.15, -0.1) is 0 Å². The van der Waals surface area contributed by atoms with Gasteiger partial charge in [0.15, 0.2) is 5.78 Å². The second kappa shape index (κ2) is 9.32. The van der Waals surface area contributed by atoms with Crippen LogP contribution < -0.4 is 15.8 Å². The summed E-state index contributed by atoms with van der Waals surface area (Å²) >= 11 is 6.18. The van der Waals surface area contributed by atoms with Crippen LogP contribution in [0.25, 0.3) is 0 Å². The van der Waals surface area contributed by atoms with Crippen LogP contribution in [-0.4, -0.2) is 23.9 Å². The molecule has 3 aromatic rings. The van der Waals surface area contributed by atoms with E-state index in [1.54, 1.807) is 54.6 Å². The molecule has 1 unspecified atom stereocenters. The monoisotopic (exact) mass is 485 g/mol. The van der Waals surface area contributed by atoms with Crippen molar-refractivity contribution in [2.75, 3.05) is 10.3 Å². The molecule has 2 N–H and O–H groups in total. The van der Waals surface area contributed by atoms with E-state index in [1.165, 1.54) is 18.2 Å². The van der Waals surface area contributed by atoms with Gasteiger partial charge in [-0.2, -0.15) is 13.2 Å². The maximum atomic E-state index is 13.5. The van der Waals surface area contributed by atoms with Crippen LogP contribution in [0, 0.1) is 6.92 Å². The average molecular weight is 486 g/mol. The minimum absolute atomic E-state index is 0.159. The first kappa shape index (κ1) is 23.5. The number of para-hydroxylation sites is 2. The number of aryl methyl sites for hydroxylation is 1. The Kier molecular flexibility index (Phi) is 6.45. The normalized spacial score (nSPS) is 15.7. The third-order valence-corrected chi connectivity index (χ3v) is 5.57. The number of anilines is 2. The Morgan fingerprint density at radius 3 is 2.29 bits per heavy atom. The van der Waals surface area contributed by atoms with E-state index in [9.17, 15) is 22.8 Å². The minimum atomic E-state index is -4.64. The quantitative estimate of drug-likeness (QED) is 0.458. The van der Waals surface area contributed by atoms with E-state index in [-0.39, 0.29) is 33.4 Å². The highest BCUT2D eigenvalue weighted by atomic mass is 35.5. The zero-order valence-corrected chi connectivity index (χ0v) is 18.6. The minimum Gasteiger partial charge on any atom is -0.320 e. The first-order valence-corrected chi connectivity index (χ1v) is 10.6. The Hall–Kier alpha value is -3.62. The molecule has 0 aromatic heterocycles. The fraction of sp³-hybridized carbons (Fsp3) is 0.120. The van der Waals surface area contributed by atoms with Crippen LogP contribution in [0.2, 0.25) is 5.02 Å². The van der Waals surface area contributed by atoms with Crippen LogP contribution in [0.1, 0.15) is 21.5 Å². The molecule has 0 radical (unpaired) electrons. The topological polar surface area (TPSA) is 61.4 Å². The van der Waals surface area contributed by atoms with E-state index in [1.807, 2.05) is 6.92 Å². The molecule has 0 bridgehead atoms. The van der Waals surface area contributed by atoms with E-state index in [2.05, 4.69) is 10.7 Å². The number of benzene rings is 3. The van der Waals surface area contributed by atoms with E-state index < -0.39 is 18.1 Å². The summed E-state index contributed by atoms with van der Waals surface area (Å²) in [4.78, 5) is 26.2. The van der Waals surface area contributed by atoms with Crippen molar-refractivity contribution in [2.45, 2.75) is 19.1 Å². The zero-order valence-electron chi connectivity index (χ0n) is 17.9. The number of nitrogens with one attached hydrogen (secondary N) is 2. The standard InChI is InChI=1S/C25H19ClF3N3O2/c1-15-10-12-16(13-11-15)23(33)17-6-2-4-8-19(17)30-24(34)21-14-22(25(27,28)29)31-32(21)20-9-5-3-7-18(20)26/h2-14,22,31H,1H3,(H,30,34). The van der Waals surface area contributed by atoms with E-state index >= 15 is 0 Å². The third kappa shape index (κ3) is 4.83. The number of hydrogen-bond donors (Lipinski definition) is 2. The molecule has 0 saturated heterocycles. The highest BCUT2D eigenvalue weighted by Crippen LogP contribution is 2.34. The molecule has 0 spiro atoms. The highest BCUT2D eigenvalue weighted by Gasteiger charge is 2.45. The Morgan fingerprint density at radius 2 is 1.62 bits per heavy atom. The van der Waals surface area contributed by atoms with Gasteiger partial charge in [0.2, 0.25) is 0 Å². The predicted octanol–water partition coefficient (Wildman–Crippen LogP) is 5.66. The van der Waals surface area contributed by atoms with E-state index in [0.717, 1.165) is 16.6 Å². The van der Waals surface area contributed by atoms with Gasteiger partial charge in [0.1, 0.15) is 11.7 Å². The molecular weight excluding hydrogens is 467 g/mol. The molecule has 1 aliphatic rings. The van der Waals surface area contributed by atoms with Crippen molar-refractivity contribution >= 4 is 34.7 Å². The molecule has 5 nitrogen and oxygen atoms in total. The number of rotatable bonds is 5. The van der Waals surface area contributed by atoms with Crippen LogP contribution in [0.3, 0.4) is 0 Å². The van der Waals surface area contributed by atoms with Crippen molar-refractivity contribution in [2.24, 2.45) is 0 Å². The number of halogens is 4. The average Bonchev–Trinajstić information content (AvgIpc) is 3.26. The molecule has 1 aliphatic heterocycles. The van der Waals surface area contributed by atoms with Crippen LogP contribution in [0.4, 0.5) is 24.5 Å². The van der Waals surface area contributed by atoms with Crippen molar-refractivity contribution in [1.82, 2.24) is 5.43 Å². The number of alkyl halides is 3. The molecule has 4 rings (SSSR count). The molecule has 1 amide bonds. The first-order valence-electron chi connectivity index (χ1n) is 10.3. The number of hydrazine groups is 1. The summed E-state index contributed by atoms with van der Waals surface area (Å²) in [7, 11) is 0. The lowest BCUT2D eigenvalue weighted by Gasteiger charge is -2.25. The van der Waals surface area contributed by atoms with Gasteiger partial charge in [0.25, 0.3) is 5.91 Å². The Bertz CT molecular complexity index is 1270. The van der Waals surface area contributed by atoms with Crippen molar-refractivity contribution in [3.05, 3.63) is 106 Å². The van der Waals surface area contributed by atoms with Crippen molar-refractivity contribution in [3.63, 3.8) is 0 Å². The van der Waals surface area contributed by atoms with Crippen molar-refractivity contribution < 1.29 is 22.8 Å². The first-order chi connectivity index (χ1) is 16.1. The SMILES string of the molecule is Cc1ccc(C(=O)c2ccccc2NC(=O)C2=CC(C(F)(F)F)NN2c2ccccc2Cl)cc1. The summed E-state index contributed by atoms with van der Waals surface area (Å²) in [5.41, 5.74) is 3.95. The van der Waals surface area contributed by atoms with Crippen molar-refractivity contribution in [3.8, 4) is 0 Å². The molecule has 0 fully saturated rings. The summed E-state index contributed by atoms with van der Waals surface area (Å²) in [6.07, 6.45) is -3.86. The van der Waals surface area contributed by atoms with Crippen LogP contribution >= 0.6 is 11.6 Å². The van der Waals surface area contributed by atoms with Gasteiger partial charge in [0, 0.05) is 11.1 Å². The smallest absolute Gasteiger partial charge is 0.320 e. The van der Waals surface area contributed by atoms with Gasteiger partial charge in [-0.3, -0.25) is 14.6 Å². The van der Waals surface area contributed by atoms with Gasteiger partial charge >= 0.3 is 6.18 Å². The maximum absolute atomic E-state index is 13.5. The van der Waals surface area contributed by atoms with E-state index in [0.29, 0.717) is 5.56 Å². The van der Waals surface area contributed by atoms with Crippen LogP contribution in [-0.2, 0) is 4.79 Å². The summed E-state index contributed by atoms with van der Waals surface area (Å²) in [5, 5.41) is 3.74. The number of nitrogens with zero attached hydrogens (tertiary/aromatic N) is 1. The molecule has 34 heavy (non-hydrogen) atoms. The number of carbonyl (C=O) groups excluding carboxylic acids is 2. The van der Waals surface area contributed by atoms with Gasteiger partial charge in [-0.25, -0.2) is 5.43 Å². The van der Waals surface area contributed by atoms with E-state index in [4.69, 9.17) is 11.6 Å². The highest BCUT2D eigenvalue weighted by molar-refractivity contribution is 6.33. The lowest BCUT2D eigenvalue weighted by molar-refractivity contribution is -0.142. The third-order valence-electron chi connectivity index (χ3n) is 5.25. The maximum Gasteiger partial charge on any atom is 0.409 e. The number of hydrogen-bond acceptors (Lipinski definition) is 4. The van der Waals surface area contributed by atoms with Gasteiger partial charge in [-0.1, -0.05) is 65.7 Å².